The highest BCUT2D eigenvalue weighted by molar-refractivity contribution is 5.81. The number of hydrogen-bond donors (Lipinski definition) is 2. The topological polar surface area (TPSA) is 93.3 Å². The van der Waals surface area contributed by atoms with Crippen molar-refractivity contribution in [1.29, 1.82) is 0 Å². The summed E-state index contributed by atoms with van der Waals surface area (Å²) in [6.07, 6.45) is 1.94. The zero-order valence-corrected chi connectivity index (χ0v) is 12.3. The summed E-state index contributed by atoms with van der Waals surface area (Å²) in [5, 5.41) is 19.0. The van der Waals surface area contributed by atoms with Crippen LogP contribution < -0.4 is 4.48 Å². The number of aliphatic hydroxyl groups excluding tert-OH is 2. The van der Waals surface area contributed by atoms with E-state index in [2.05, 4.69) is 15.0 Å². The van der Waals surface area contributed by atoms with Crippen LogP contribution in [0.3, 0.4) is 0 Å². The van der Waals surface area contributed by atoms with E-state index in [1.165, 1.54) is 6.33 Å². The molecule has 0 bridgehead atoms. The average molecular weight is 294 g/mol. The third-order valence-electron chi connectivity index (χ3n) is 3.67. The van der Waals surface area contributed by atoms with Crippen LogP contribution in [0.1, 0.15) is 12.6 Å². The molecule has 2 aromatic rings. The minimum atomic E-state index is -0.683. The fourth-order valence-corrected chi connectivity index (χ4v) is 2.59. The summed E-state index contributed by atoms with van der Waals surface area (Å²) >= 11 is 0. The van der Waals surface area contributed by atoms with Crippen LogP contribution >= 0.6 is 0 Å². The van der Waals surface area contributed by atoms with Crippen molar-refractivity contribution in [3.8, 4) is 0 Å². The number of fused-ring (bicyclic) bond motifs is 1. The Labute approximate surface area is 122 Å². The molecular weight excluding hydrogens is 274 g/mol. The van der Waals surface area contributed by atoms with Gasteiger partial charge in [-0.2, -0.15) is 4.98 Å². The van der Waals surface area contributed by atoms with Gasteiger partial charge in [-0.1, -0.05) is 0 Å². The molecule has 0 unspecified atom stereocenters. The fraction of sp³-hybridized carbons (Fsp3) is 0.615. The van der Waals surface area contributed by atoms with Crippen molar-refractivity contribution in [2.45, 2.75) is 24.9 Å². The Morgan fingerprint density at radius 3 is 2.71 bits per heavy atom. The molecule has 3 rings (SSSR count). The molecule has 0 aliphatic carbocycles. The maximum atomic E-state index is 9.86. The van der Waals surface area contributed by atoms with Gasteiger partial charge in [-0.15, -0.1) is 0 Å². The Morgan fingerprint density at radius 1 is 1.33 bits per heavy atom. The highest BCUT2D eigenvalue weighted by Gasteiger charge is 2.36. The molecule has 3 heterocycles. The standard InChI is InChI=1S/C13H20N5O3/c1-18(2,3)13-11-12(14-6-15-13)17(7-16-11)10-4-8(20)9(5-19)21-10/h6-10,19-20H,4-5H2,1-3H3/q+1/t8-,9+,10-/m1/s1. The van der Waals surface area contributed by atoms with Crippen LogP contribution in [0.4, 0.5) is 5.82 Å². The predicted octanol–water partition coefficient (Wildman–Crippen LogP) is -0.336. The number of aromatic nitrogens is 4. The minimum Gasteiger partial charge on any atom is -0.394 e. The summed E-state index contributed by atoms with van der Waals surface area (Å²) in [5.41, 5.74) is 1.39. The van der Waals surface area contributed by atoms with E-state index in [1.807, 2.05) is 21.1 Å². The van der Waals surface area contributed by atoms with Crippen LogP contribution in [0.15, 0.2) is 12.7 Å². The Hall–Kier alpha value is -1.61. The second kappa shape index (κ2) is 4.99. The van der Waals surface area contributed by atoms with E-state index >= 15 is 0 Å². The molecule has 21 heavy (non-hydrogen) atoms. The van der Waals surface area contributed by atoms with E-state index in [9.17, 15) is 10.2 Å². The third kappa shape index (κ3) is 2.40. The third-order valence-corrected chi connectivity index (χ3v) is 3.67. The lowest BCUT2D eigenvalue weighted by molar-refractivity contribution is -0.0432. The molecule has 2 aromatic heterocycles. The molecule has 0 aromatic carbocycles. The summed E-state index contributed by atoms with van der Waals surface area (Å²) in [7, 11) is 6.04. The van der Waals surface area contributed by atoms with Gasteiger partial charge in [0.15, 0.2) is 11.2 Å². The molecule has 2 N–H and O–H groups in total. The van der Waals surface area contributed by atoms with Crippen molar-refractivity contribution >= 4 is 17.0 Å². The lowest BCUT2D eigenvalue weighted by Gasteiger charge is -2.21. The molecule has 114 valence electrons. The summed E-state index contributed by atoms with van der Waals surface area (Å²) in [5.74, 6) is 0.816. The Balaban J connectivity index is 2.02. The van der Waals surface area contributed by atoms with Crippen molar-refractivity contribution < 1.29 is 14.9 Å². The van der Waals surface area contributed by atoms with E-state index in [0.717, 1.165) is 11.3 Å². The van der Waals surface area contributed by atoms with Gasteiger partial charge in [0.25, 0.3) is 5.82 Å². The van der Waals surface area contributed by atoms with Gasteiger partial charge in [0, 0.05) is 6.42 Å². The van der Waals surface area contributed by atoms with Gasteiger partial charge in [-0.3, -0.25) is 9.05 Å². The molecule has 8 nitrogen and oxygen atoms in total. The number of aliphatic hydroxyl groups is 2. The summed E-state index contributed by atoms with van der Waals surface area (Å²) < 4.78 is 7.98. The number of hydrogen-bond acceptors (Lipinski definition) is 6. The SMILES string of the molecule is C[N+](C)(C)c1ncnc2c1ncn2[C@H]1C[C@@H](O)[C@H](CO)O1. The van der Waals surface area contributed by atoms with Crippen molar-refractivity contribution in [1.82, 2.24) is 24.0 Å². The molecule has 1 aliphatic rings. The van der Waals surface area contributed by atoms with Crippen LogP contribution in [0.25, 0.3) is 11.2 Å². The quantitative estimate of drug-likeness (QED) is 0.753. The second-order valence-electron chi connectivity index (χ2n) is 6.15. The molecule has 3 atom stereocenters. The van der Waals surface area contributed by atoms with Crippen molar-refractivity contribution in [3.05, 3.63) is 12.7 Å². The zero-order chi connectivity index (χ0) is 15.2. The smallest absolute Gasteiger partial charge is 0.258 e. The van der Waals surface area contributed by atoms with Crippen LogP contribution in [0.2, 0.25) is 0 Å². The van der Waals surface area contributed by atoms with Gasteiger partial charge < -0.3 is 14.9 Å². The van der Waals surface area contributed by atoms with Gasteiger partial charge in [0.2, 0.25) is 0 Å². The van der Waals surface area contributed by atoms with Crippen molar-refractivity contribution in [3.63, 3.8) is 0 Å². The molecule has 8 heteroatoms. The van der Waals surface area contributed by atoms with Crippen LogP contribution in [-0.4, -0.2) is 69.7 Å². The maximum Gasteiger partial charge on any atom is 0.258 e. The zero-order valence-electron chi connectivity index (χ0n) is 12.3. The van der Waals surface area contributed by atoms with E-state index in [-0.39, 0.29) is 12.8 Å². The summed E-state index contributed by atoms with van der Waals surface area (Å²) in [6, 6.07) is 0. The highest BCUT2D eigenvalue weighted by Crippen LogP contribution is 2.32. The van der Waals surface area contributed by atoms with E-state index < -0.39 is 12.2 Å². The summed E-state index contributed by atoms with van der Waals surface area (Å²) in [4.78, 5) is 13.0. The number of ether oxygens (including phenoxy) is 1. The fourth-order valence-electron chi connectivity index (χ4n) is 2.59. The first kappa shape index (κ1) is 14.3. The number of quaternary nitrogens is 1. The molecule has 0 radical (unpaired) electrons. The Kier molecular flexibility index (Phi) is 3.40. The Morgan fingerprint density at radius 2 is 2.10 bits per heavy atom. The van der Waals surface area contributed by atoms with Gasteiger partial charge >= 0.3 is 0 Å². The van der Waals surface area contributed by atoms with Crippen LogP contribution in [0.5, 0.6) is 0 Å². The predicted molar refractivity (Wildman–Crippen MR) is 76.5 cm³/mol. The molecule has 1 aliphatic heterocycles. The van der Waals surface area contributed by atoms with E-state index in [1.54, 1.807) is 10.9 Å². The molecule has 0 saturated carbocycles. The van der Waals surface area contributed by atoms with Crippen LogP contribution in [0, 0.1) is 0 Å². The minimum absolute atomic E-state index is 0.205. The average Bonchev–Trinajstić information content (AvgIpc) is 3.00. The number of nitrogens with zero attached hydrogens (tertiary/aromatic N) is 5. The monoisotopic (exact) mass is 294 g/mol. The maximum absolute atomic E-state index is 9.86. The largest absolute Gasteiger partial charge is 0.394 e. The first-order valence-corrected chi connectivity index (χ1v) is 6.85. The number of rotatable bonds is 3. The van der Waals surface area contributed by atoms with Gasteiger partial charge in [-0.25, -0.2) is 9.97 Å². The number of imidazole rings is 1. The lowest BCUT2D eigenvalue weighted by Crippen LogP contribution is -2.36. The Bertz CT molecular complexity index is 651. The molecule has 1 fully saturated rings. The second-order valence-corrected chi connectivity index (χ2v) is 6.15. The van der Waals surface area contributed by atoms with Crippen LogP contribution in [-0.2, 0) is 4.74 Å². The first-order chi connectivity index (χ1) is 9.91. The van der Waals surface area contributed by atoms with Gasteiger partial charge in [-0.05, 0) is 0 Å². The normalized spacial score (nSPS) is 26.6. The van der Waals surface area contributed by atoms with E-state index in [0.29, 0.717) is 16.6 Å². The van der Waals surface area contributed by atoms with Crippen molar-refractivity contribution in [2.75, 3.05) is 27.7 Å². The first-order valence-electron chi connectivity index (χ1n) is 6.85. The van der Waals surface area contributed by atoms with Crippen molar-refractivity contribution in [2.24, 2.45) is 0 Å². The molecular formula is C13H20N5O3+. The van der Waals surface area contributed by atoms with Gasteiger partial charge in [0.05, 0.1) is 40.2 Å². The summed E-state index contributed by atoms with van der Waals surface area (Å²) in [6.45, 7) is -0.205. The van der Waals surface area contributed by atoms with E-state index in [4.69, 9.17) is 4.74 Å². The molecule has 0 spiro atoms. The molecule has 0 amide bonds. The highest BCUT2D eigenvalue weighted by atomic mass is 16.5. The lowest BCUT2D eigenvalue weighted by atomic mass is 10.2. The van der Waals surface area contributed by atoms with Gasteiger partial charge in [0.1, 0.15) is 18.7 Å². The molecule has 1 saturated heterocycles.